The molecule has 0 aliphatic carbocycles. The SMILES string of the molecule is CC(C)(C)S(=O)(=O)CCOc1ccsc1C(=O)O. The first-order valence-corrected chi connectivity index (χ1v) is 7.84. The van der Waals surface area contributed by atoms with Crippen LogP contribution in [0.25, 0.3) is 0 Å². The number of rotatable bonds is 5. The van der Waals surface area contributed by atoms with Crippen molar-refractivity contribution < 1.29 is 23.1 Å². The number of ether oxygens (including phenoxy) is 1. The van der Waals surface area contributed by atoms with Gasteiger partial charge in [-0.15, -0.1) is 11.3 Å². The average Bonchev–Trinajstić information content (AvgIpc) is 2.63. The highest BCUT2D eigenvalue weighted by Crippen LogP contribution is 2.25. The predicted molar refractivity (Wildman–Crippen MR) is 70.3 cm³/mol. The Morgan fingerprint density at radius 2 is 2.06 bits per heavy atom. The van der Waals surface area contributed by atoms with Crippen molar-refractivity contribution in [2.24, 2.45) is 0 Å². The Morgan fingerprint density at radius 1 is 1.44 bits per heavy atom. The largest absolute Gasteiger partial charge is 0.491 e. The molecule has 0 saturated carbocycles. The van der Waals surface area contributed by atoms with Gasteiger partial charge < -0.3 is 9.84 Å². The van der Waals surface area contributed by atoms with Crippen LogP contribution < -0.4 is 4.74 Å². The minimum Gasteiger partial charge on any atom is -0.491 e. The summed E-state index contributed by atoms with van der Waals surface area (Å²) in [6, 6.07) is 1.53. The summed E-state index contributed by atoms with van der Waals surface area (Å²) < 4.78 is 28.0. The summed E-state index contributed by atoms with van der Waals surface area (Å²) in [5.41, 5.74) is 0. The second-order valence-corrected chi connectivity index (χ2v) is 8.48. The molecule has 0 fully saturated rings. The lowest BCUT2D eigenvalue weighted by Gasteiger charge is -2.19. The molecule has 0 aliphatic heterocycles. The molecule has 1 N–H and O–H groups in total. The summed E-state index contributed by atoms with van der Waals surface area (Å²) in [5.74, 6) is -0.985. The van der Waals surface area contributed by atoms with Gasteiger partial charge in [-0.05, 0) is 32.2 Å². The van der Waals surface area contributed by atoms with Gasteiger partial charge in [-0.2, -0.15) is 0 Å². The number of aromatic carboxylic acids is 1. The molecule has 0 spiro atoms. The molecule has 1 aromatic rings. The summed E-state index contributed by atoms with van der Waals surface area (Å²) >= 11 is 1.05. The maximum absolute atomic E-state index is 11.8. The average molecular weight is 292 g/mol. The molecule has 0 aromatic carbocycles. The second kappa shape index (κ2) is 5.27. The van der Waals surface area contributed by atoms with Crippen molar-refractivity contribution in [3.05, 3.63) is 16.3 Å². The van der Waals surface area contributed by atoms with E-state index in [0.29, 0.717) is 0 Å². The Kier molecular flexibility index (Phi) is 4.39. The topological polar surface area (TPSA) is 80.7 Å². The predicted octanol–water partition coefficient (Wildman–Crippen LogP) is 2.04. The van der Waals surface area contributed by atoms with Gasteiger partial charge in [-0.1, -0.05) is 0 Å². The summed E-state index contributed by atoms with van der Waals surface area (Å²) in [4.78, 5) is 10.9. The van der Waals surface area contributed by atoms with E-state index in [2.05, 4.69) is 0 Å². The van der Waals surface area contributed by atoms with Crippen LogP contribution in [0.3, 0.4) is 0 Å². The van der Waals surface area contributed by atoms with Crippen LogP contribution in [0, 0.1) is 0 Å². The summed E-state index contributed by atoms with van der Waals surface area (Å²) in [7, 11) is -3.25. The monoisotopic (exact) mass is 292 g/mol. The normalized spacial score (nSPS) is 12.4. The quantitative estimate of drug-likeness (QED) is 0.898. The van der Waals surface area contributed by atoms with E-state index in [1.165, 1.54) is 6.07 Å². The fourth-order valence-corrected chi connectivity index (χ4v) is 2.72. The molecule has 1 heterocycles. The lowest BCUT2D eigenvalue weighted by molar-refractivity contribution is 0.0698. The number of sulfone groups is 1. The van der Waals surface area contributed by atoms with Crippen molar-refractivity contribution in [1.82, 2.24) is 0 Å². The molecule has 7 heteroatoms. The van der Waals surface area contributed by atoms with Crippen molar-refractivity contribution in [3.63, 3.8) is 0 Å². The Balaban J connectivity index is 2.63. The molecule has 0 radical (unpaired) electrons. The lowest BCUT2D eigenvalue weighted by atomic mass is 10.3. The molecule has 0 amide bonds. The van der Waals surface area contributed by atoms with Crippen LogP contribution in [0.2, 0.25) is 0 Å². The van der Waals surface area contributed by atoms with E-state index in [1.54, 1.807) is 26.2 Å². The Hall–Kier alpha value is -1.08. The number of carboxylic acids is 1. The van der Waals surface area contributed by atoms with E-state index in [0.717, 1.165) is 11.3 Å². The van der Waals surface area contributed by atoms with Crippen molar-refractivity contribution in [3.8, 4) is 5.75 Å². The molecular formula is C11H16O5S2. The van der Waals surface area contributed by atoms with Crippen LogP contribution in [0.15, 0.2) is 11.4 Å². The highest BCUT2D eigenvalue weighted by molar-refractivity contribution is 7.92. The van der Waals surface area contributed by atoms with Gasteiger partial charge >= 0.3 is 5.97 Å². The van der Waals surface area contributed by atoms with Crippen LogP contribution in [0.4, 0.5) is 0 Å². The molecule has 0 aliphatic rings. The van der Waals surface area contributed by atoms with Gasteiger partial charge in [-0.25, -0.2) is 13.2 Å². The second-order valence-electron chi connectivity index (χ2n) is 4.70. The van der Waals surface area contributed by atoms with Crippen LogP contribution in [-0.2, 0) is 9.84 Å². The minimum absolute atomic E-state index is 0.0450. The third kappa shape index (κ3) is 3.46. The zero-order valence-corrected chi connectivity index (χ0v) is 12.1. The maximum Gasteiger partial charge on any atom is 0.349 e. The molecule has 18 heavy (non-hydrogen) atoms. The highest BCUT2D eigenvalue weighted by atomic mass is 32.2. The number of hydrogen-bond donors (Lipinski definition) is 1. The molecule has 0 atom stereocenters. The third-order valence-electron chi connectivity index (χ3n) is 2.37. The van der Waals surface area contributed by atoms with Gasteiger partial charge in [-0.3, -0.25) is 0 Å². The summed E-state index contributed by atoms with van der Waals surface area (Å²) in [6.07, 6.45) is 0. The third-order valence-corrected chi connectivity index (χ3v) is 5.82. The van der Waals surface area contributed by atoms with Crippen molar-refractivity contribution in [2.45, 2.75) is 25.5 Å². The van der Waals surface area contributed by atoms with Gasteiger partial charge in [0.1, 0.15) is 12.4 Å². The van der Waals surface area contributed by atoms with Gasteiger partial charge in [0.05, 0.1) is 10.5 Å². The summed E-state index contributed by atoms with van der Waals surface area (Å²) in [5, 5.41) is 10.4. The zero-order chi connectivity index (χ0) is 14.0. The summed E-state index contributed by atoms with van der Waals surface area (Å²) in [6.45, 7) is 4.82. The zero-order valence-electron chi connectivity index (χ0n) is 10.5. The number of hydrogen-bond acceptors (Lipinski definition) is 5. The van der Waals surface area contributed by atoms with Crippen molar-refractivity contribution in [2.75, 3.05) is 12.4 Å². The minimum atomic E-state index is -3.25. The maximum atomic E-state index is 11.8. The fourth-order valence-electron chi connectivity index (χ4n) is 1.13. The van der Waals surface area contributed by atoms with E-state index in [1.807, 2.05) is 0 Å². The van der Waals surface area contributed by atoms with E-state index in [-0.39, 0.29) is 23.0 Å². The molecule has 0 bridgehead atoms. The lowest BCUT2D eigenvalue weighted by Crippen LogP contribution is -2.32. The Labute approximate surface area is 110 Å². The van der Waals surface area contributed by atoms with Gasteiger partial charge in [0.2, 0.25) is 0 Å². The molecular weight excluding hydrogens is 276 g/mol. The van der Waals surface area contributed by atoms with Crippen LogP contribution in [0.5, 0.6) is 5.75 Å². The van der Waals surface area contributed by atoms with Crippen molar-refractivity contribution in [1.29, 1.82) is 0 Å². The molecule has 102 valence electrons. The molecule has 5 nitrogen and oxygen atoms in total. The number of carboxylic acid groups (broad SMARTS) is 1. The molecule has 0 saturated heterocycles. The van der Waals surface area contributed by atoms with Crippen molar-refractivity contribution >= 4 is 27.1 Å². The van der Waals surface area contributed by atoms with Crippen LogP contribution >= 0.6 is 11.3 Å². The van der Waals surface area contributed by atoms with E-state index in [9.17, 15) is 13.2 Å². The van der Waals surface area contributed by atoms with Crippen LogP contribution in [0.1, 0.15) is 30.4 Å². The molecule has 1 aromatic heterocycles. The highest BCUT2D eigenvalue weighted by Gasteiger charge is 2.28. The van der Waals surface area contributed by atoms with E-state index >= 15 is 0 Å². The first kappa shape index (κ1) is 15.0. The standard InChI is InChI=1S/C11H16O5S2/c1-11(2,3)18(14,15)7-5-16-8-4-6-17-9(8)10(12)13/h4,6H,5,7H2,1-3H3,(H,12,13). The van der Waals surface area contributed by atoms with Gasteiger partial charge in [0, 0.05) is 0 Å². The van der Waals surface area contributed by atoms with Crippen LogP contribution in [-0.4, -0.2) is 36.6 Å². The van der Waals surface area contributed by atoms with Gasteiger partial charge in [0.25, 0.3) is 0 Å². The van der Waals surface area contributed by atoms with E-state index in [4.69, 9.17) is 9.84 Å². The first-order valence-electron chi connectivity index (χ1n) is 5.31. The molecule has 1 rings (SSSR count). The fraction of sp³-hybridized carbons (Fsp3) is 0.545. The number of carbonyl (C=O) groups is 1. The Morgan fingerprint density at radius 3 is 2.56 bits per heavy atom. The Bertz CT molecular complexity index is 522. The number of thiophene rings is 1. The first-order chi connectivity index (χ1) is 8.15. The van der Waals surface area contributed by atoms with E-state index < -0.39 is 20.6 Å². The smallest absolute Gasteiger partial charge is 0.349 e. The molecule has 0 unspecified atom stereocenters. The van der Waals surface area contributed by atoms with Gasteiger partial charge in [0.15, 0.2) is 14.7 Å².